The van der Waals surface area contributed by atoms with Crippen molar-refractivity contribution >= 4 is 45.0 Å². The molecule has 1 fully saturated rings. The van der Waals surface area contributed by atoms with Crippen molar-refractivity contribution in [2.24, 2.45) is 5.92 Å². The van der Waals surface area contributed by atoms with Gasteiger partial charge in [-0.25, -0.2) is 0 Å². The summed E-state index contributed by atoms with van der Waals surface area (Å²) < 4.78 is 6.08. The Labute approximate surface area is 146 Å². The minimum atomic E-state index is -0.392. The van der Waals surface area contributed by atoms with Gasteiger partial charge in [-0.3, -0.25) is 9.59 Å². The van der Waals surface area contributed by atoms with E-state index in [1.54, 1.807) is 35.4 Å². The molecule has 0 bridgehead atoms. The fourth-order valence-corrected chi connectivity index (χ4v) is 3.24. The number of halogens is 2. The molecule has 23 heavy (non-hydrogen) atoms. The second-order valence-corrected chi connectivity index (χ2v) is 6.69. The zero-order chi connectivity index (χ0) is 16.4. The van der Waals surface area contributed by atoms with Crippen molar-refractivity contribution in [1.29, 1.82) is 0 Å². The van der Waals surface area contributed by atoms with Gasteiger partial charge < -0.3 is 14.6 Å². The Bertz CT molecular complexity index is 733. The lowest BCUT2D eigenvalue weighted by molar-refractivity contribution is -0.128. The average Bonchev–Trinajstić information content (AvgIpc) is 3.13. The van der Waals surface area contributed by atoms with Gasteiger partial charge in [-0.05, 0) is 30.3 Å². The quantitative estimate of drug-likeness (QED) is 0.856. The summed E-state index contributed by atoms with van der Waals surface area (Å²) in [6.45, 7) is 0.758. The summed E-state index contributed by atoms with van der Waals surface area (Å²) in [5.74, 6) is 0.0560. The summed E-state index contributed by atoms with van der Waals surface area (Å²) in [6, 6.07) is 8.81. The van der Waals surface area contributed by atoms with E-state index in [-0.39, 0.29) is 18.2 Å². The number of furan rings is 1. The van der Waals surface area contributed by atoms with E-state index in [9.17, 15) is 9.59 Å². The SMILES string of the molecule is O=C(Nc1ccc(Br)cc1Cl)C1CC(=O)N(Cc2ccco2)C1. The van der Waals surface area contributed by atoms with E-state index in [1.807, 2.05) is 6.07 Å². The number of carbonyl (C=O) groups excluding carboxylic acids is 2. The predicted octanol–water partition coefficient (Wildman–Crippen LogP) is 3.68. The van der Waals surface area contributed by atoms with Crippen LogP contribution in [-0.4, -0.2) is 23.3 Å². The number of benzene rings is 1. The van der Waals surface area contributed by atoms with Crippen molar-refractivity contribution in [3.63, 3.8) is 0 Å². The first-order chi connectivity index (χ1) is 11.0. The molecule has 1 N–H and O–H groups in total. The van der Waals surface area contributed by atoms with E-state index in [0.29, 0.717) is 29.6 Å². The minimum Gasteiger partial charge on any atom is -0.467 e. The van der Waals surface area contributed by atoms with Crippen LogP contribution in [0.1, 0.15) is 12.2 Å². The summed E-state index contributed by atoms with van der Waals surface area (Å²) in [5, 5.41) is 3.23. The maximum atomic E-state index is 12.4. The van der Waals surface area contributed by atoms with Crippen molar-refractivity contribution in [3.05, 3.63) is 51.9 Å². The number of likely N-dealkylation sites (tertiary alicyclic amines) is 1. The van der Waals surface area contributed by atoms with Crippen molar-refractivity contribution in [1.82, 2.24) is 4.90 Å². The van der Waals surface area contributed by atoms with Crippen LogP contribution in [0.2, 0.25) is 5.02 Å². The van der Waals surface area contributed by atoms with E-state index >= 15 is 0 Å². The first-order valence-corrected chi connectivity index (χ1v) is 8.26. The molecule has 0 spiro atoms. The van der Waals surface area contributed by atoms with Gasteiger partial charge in [0.05, 0.1) is 29.4 Å². The van der Waals surface area contributed by atoms with E-state index in [0.717, 1.165) is 4.47 Å². The molecule has 5 nitrogen and oxygen atoms in total. The number of hydrogen-bond donors (Lipinski definition) is 1. The van der Waals surface area contributed by atoms with Crippen LogP contribution < -0.4 is 5.32 Å². The fraction of sp³-hybridized carbons (Fsp3) is 0.250. The molecule has 0 aliphatic carbocycles. The second kappa shape index (κ2) is 6.76. The van der Waals surface area contributed by atoms with Crippen LogP contribution in [0.4, 0.5) is 5.69 Å². The predicted molar refractivity (Wildman–Crippen MR) is 90.0 cm³/mol. The second-order valence-electron chi connectivity index (χ2n) is 5.37. The average molecular weight is 398 g/mol. The summed E-state index contributed by atoms with van der Waals surface area (Å²) in [6.07, 6.45) is 1.76. The lowest BCUT2D eigenvalue weighted by Gasteiger charge is -2.15. The third-order valence-corrected chi connectivity index (χ3v) is 4.51. The number of rotatable bonds is 4. The van der Waals surface area contributed by atoms with Crippen LogP contribution >= 0.6 is 27.5 Å². The Balaban J connectivity index is 1.63. The van der Waals surface area contributed by atoms with Crippen LogP contribution in [0, 0.1) is 5.92 Å². The van der Waals surface area contributed by atoms with Crippen molar-refractivity contribution in [2.45, 2.75) is 13.0 Å². The summed E-state index contributed by atoms with van der Waals surface area (Å²) >= 11 is 9.41. The minimum absolute atomic E-state index is 0.0524. The monoisotopic (exact) mass is 396 g/mol. The molecule has 1 atom stereocenters. The van der Waals surface area contributed by atoms with Crippen LogP contribution in [0.25, 0.3) is 0 Å². The first-order valence-electron chi connectivity index (χ1n) is 7.09. The zero-order valence-electron chi connectivity index (χ0n) is 12.1. The highest BCUT2D eigenvalue weighted by Crippen LogP contribution is 2.27. The molecule has 1 aromatic heterocycles. The van der Waals surface area contributed by atoms with Crippen molar-refractivity contribution < 1.29 is 14.0 Å². The van der Waals surface area contributed by atoms with Gasteiger partial charge in [-0.15, -0.1) is 0 Å². The first kappa shape index (κ1) is 16.1. The number of nitrogens with zero attached hydrogens (tertiary/aromatic N) is 1. The van der Waals surface area contributed by atoms with Crippen LogP contribution in [0.15, 0.2) is 45.5 Å². The van der Waals surface area contributed by atoms with Gasteiger partial charge in [0.1, 0.15) is 5.76 Å². The lowest BCUT2D eigenvalue weighted by atomic mass is 10.1. The number of anilines is 1. The van der Waals surface area contributed by atoms with E-state index in [2.05, 4.69) is 21.2 Å². The summed E-state index contributed by atoms with van der Waals surface area (Å²) in [4.78, 5) is 26.0. The molecule has 3 rings (SSSR count). The third-order valence-electron chi connectivity index (χ3n) is 3.70. The molecular formula is C16H14BrClN2O3. The standard InChI is InChI=1S/C16H14BrClN2O3/c17-11-3-4-14(13(18)7-11)19-16(22)10-6-15(21)20(8-10)9-12-2-1-5-23-12/h1-5,7,10H,6,8-9H2,(H,19,22). The Hall–Kier alpha value is -1.79. The molecule has 1 aromatic carbocycles. The lowest BCUT2D eigenvalue weighted by Crippen LogP contribution is -2.28. The molecule has 7 heteroatoms. The normalized spacial score (nSPS) is 17.6. The topological polar surface area (TPSA) is 62.6 Å². The fourth-order valence-electron chi connectivity index (χ4n) is 2.52. The Morgan fingerprint density at radius 3 is 2.96 bits per heavy atom. The van der Waals surface area contributed by atoms with Gasteiger partial charge in [0.25, 0.3) is 0 Å². The maximum absolute atomic E-state index is 12.4. The van der Waals surface area contributed by atoms with E-state index in [4.69, 9.17) is 16.0 Å². The van der Waals surface area contributed by atoms with Gasteiger partial charge in [-0.2, -0.15) is 0 Å². The molecule has 120 valence electrons. The number of nitrogens with one attached hydrogen (secondary N) is 1. The highest BCUT2D eigenvalue weighted by atomic mass is 79.9. The van der Waals surface area contributed by atoms with E-state index in [1.165, 1.54) is 0 Å². The molecule has 0 radical (unpaired) electrons. The van der Waals surface area contributed by atoms with Gasteiger partial charge in [0.2, 0.25) is 11.8 Å². The molecule has 1 aliphatic heterocycles. The number of hydrogen-bond acceptors (Lipinski definition) is 3. The third kappa shape index (κ3) is 3.76. The Kier molecular flexibility index (Phi) is 4.73. The molecule has 0 saturated carbocycles. The van der Waals surface area contributed by atoms with Crippen LogP contribution in [-0.2, 0) is 16.1 Å². The van der Waals surface area contributed by atoms with Crippen molar-refractivity contribution in [2.75, 3.05) is 11.9 Å². The highest BCUT2D eigenvalue weighted by molar-refractivity contribution is 9.10. The maximum Gasteiger partial charge on any atom is 0.229 e. The summed E-state index contributed by atoms with van der Waals surface area (Å²) in [5.41, 5.74) is 0.539. The van der Waals surface area contributed by atoms with Gasteiger partial charge >= 0.3 is 0 Å². The highest BCUT2D eigenvalue weighted by Gasteiger charge is 2.34. The number of amides is 2. The number of carbonyl (C=O) groups is 2. The zero-order valence-corrected chi connectivity index (χ0v) is 14.4. The van der Waals surface area contributed by atoms with Crippen molar-refractivity contribution in [3.8, 4) is 0 Å². The van der Waals surface area contributed by atoms with Gasteiger partial charge in [0, 0.05) is 17.4 Å². The molecule has 1 unspecified atom stereocenters. The van der Waals surface area contributed by atoms with E-state index < -0.39 is 5.92 Å². The molecule has 2 amide bonds. The van der Waals surface area contributed by atoms with Gasteiger partial charge in [-0.1, -0.05) is 27.5 Å². The summed E-state index contributed by atoms with van der Waals surface area (Å²) in [7, 11) is 0. The Morgan fingerprint density at radius 1 is 1.43 bits per heavy atom. The largest absolute Gasteiger partial charge is 0.467 e. The molecule has 2 aromatic rings. The van der Waals surface area contributed by atoms with Crippen LogP contribution in [0.3, 0.4) is 0 Å². The molecule has 1 saturated heterocycles. The van der Waals surface area contributed by atoms with Crippen LogP contribution in [0.5, 0.6) is 0 Å². The molecule has 1 aliphatic rings. The smallest absolute Gasteiger partial charge is 0.229 e. The molecule has 2 heterocycles. The van der Waals surface area contributed by atoms with Gasteiger partial charge in [0.15, 0.2) is 0 Å². The Morgan fingerprint density at radius 2 is 2.26 bits per heavy atom. The molecular weight excluding hydrogens is 384 g/mol.